The van der Waals surface area contributed by atoms with Crippen LogP contribution >= 0.6 is 11.6 Å². The predicted molar refractivity (Wildman–Crippen MR) is 138 cm³/mol. The number of anilines is 2. The van der Waals surface area contributed by atoms with Gasteiger partial charge in [-0.3, -0.25) is 9.59 Å². The average Bonchev–Trinajstić information content (AvgIpc) is 3.56. The number of nitrogens with zero attached hydrogens (tertiary/aromatic N) is 1. The molecule has 1 aromatic heterocycles. The van der Waals surface area contributed by atoms with Gasteiger partial charge in [-0.2, -0.15) is 13.2 Å². The third-order valence-electron chi connectivity index (χ3n) is 6.34. The number of aromatic amines is 1. The van der Waals surface area contributed by atoms with Gasteiger partial charge in [0.2, 0.25) is 0 Å². The Kier molecular flexibility index (Phi) is 6.85. The summed E-state index contributed by atoms with van der Waals surface area (Å²) in [7, 11) is 0. The first-order valence-corrected chi connectivity index (χ1v) is 12.2. The maximum Gasteiger partial charge on any atom is 0.417 e. The Bertz CT molecular complexity index is 1540. The van der Waals surface area contributed by atoms with E-state index in [9.17, 15) is 22.8 Å². The van der Waals surface area contributed by atoms with Crippen LogP contribution in [0.25, 0.3) is 11.0 Å². The van der Waals surface area contributed by atoms with Gasteiger partial charge in [0.25, 0.3) is 11.8 Å². The lowest BCUT2D eigenvalue weighted by molar-refractivity contribution is -0.137. The monoisotopic (exact) mass is 542 g/mol. The molecule has 1 fully saturated rings. The molecule has 0 aliphatic carbocycles. The van der Waals surface area contributed by atoms with E-state index in [1.807, 2.05) is 0 Å². The van der Waals surface area contributed by atoms with Crippen LogP contribution in [-0.2, 0) is 10.9 Å². The minimum atomic E-state index is -4.71. The molecular formula is C27H22ClF3N4O3. The summed E-state index contributed by atoms with van der Waals surface area (Å²) in [6, 6.07) is 12.5. The lowest BCUT2D eigenvalue weighted by atomic mass is 10.1. The van der Waals surface area contributed by atoms with Gasteiger partial charge in [0.15, 0.2) is 0 Å². The van der Waals surface area contributed by atoms with E-state index in [4.69, 9.17) is 16.3 Å². The van der Waals surface area contributed by atoms with Crippen molar-refractivity contribution in [3.63, 3.8) is 0 Å². The smallest absolute Gasteiger partial charge is 0.370 e. The largest absolute Gasteiger partial charge is 0.417 e. The molecule has 1 aliphatic heterocycles. The Morgan fingerprint density at radius 1 is 1.05 bits per heavy atom. The number of fused-ring (bicyclic) bond motifs is 1. The second kappa shape index (κ2) is 10.1. The standard InChI is InChI=1S/C27H22ClF3N4O3/c1-14-19(28)8-4-9-20(14)34-26(37)17-12-15(13-21-23(17)35-24(33-21)22-10-5-11-38-22)32-25(36)16-6-2-3-7-18(16)27(29,30)31/h2-4,6-9,12-13,22H,5,10-11H2,1H3,(H,32,36)(H,33,35)(H,34,37)/t22-/m0/s1. The van der Waals surface area contributed by atoms with Gasteiger partial charge in [-0.05, 0) is 61.7 Å². The molecule has 1 atom stereocenters. The van der Waals surface area contributed by atoms with Gasteiger partial charge in [-0.15, -0.1) is 0 Å². The van der Waals surface area contributed by atoms with E-state index in [1.165, 1.54) is 24.3 Å². The first kappa shape index (κ1) is 25.7. The molecule has 0 unspecified atom stereocenters. The molecule has 2 amide bonds. The van der Waals surface area contributed by atoms with Crippen molar-refractivity contribution in [3.05, 3.63) is 87.7 Å². The molecular weight excluding hydrogens is 521 g/mol. The van der Waals surface area contributed by atoms with Crippen LogP contribution in [0.1, 0.15) is 56.6 Å². The van der Waals surface area contributed by atoms with E-state index in [2.05, 4.69) is 20.6 Å². The molecule has 1 saturated heterocycles. The predicted octanol–water partition coefficient (Wildman–Crippen LogP) is 6.90. The van der Waals surface area contributed by atoms with Gasteiger partial charge in [0.1, 0.15) is 17.4 Å². The lowest BCUT2D eigenvalue weighted by Gasteiger charge is -2.14. The molecule has 0 spiro atoms. The normalized spacial score (nSPS) is 15.6. The molecule has 38 heavy (non-hydrogen) atoms. The van der Waals surface area contributed by atoms with Gasteiger partial charge in [-0.25, -0.2) is 4.98 Å². The first-order valence-electron chi connectivity index (χ1n) is 11.8. The number of H-pyrrole nitrogens is 1. The second-order valence-corrected chi connectivity index (χ2v) is 9.31. The van der Waals surface area contributed by atoms with E-state index in [0.717, 1.165) is 25.0 Å². The summed E-state index contributed by atoms with van der Waals surface area (Å²) in [5.41, 5.74) is 0.539. The summed E-state index contributed by atoms with van der Waals surface area (Å²) in [4.78, 5) is 34.1. The summed E-state index contributed by atoms with van der Waals surface area (Å²) >= 11 is 6.19. The maximum absolute atomic E-state index is 13.5. The number of amides is 2. The zero-order chi connectivity index (χ0) is 27.0. The minimum Gasteiger partial charge on any atom is -0.370 e. The number of alkyl halides is 3. The maximum atomic E-state index is 13.5. The quantitative estimate of drug-likeness (QED) is 0.255. The van der Waals surface area contributed by atoms with Crippen LogP contribution in [0.5, 0.6) is 0 Å². The van der Waals surface area contributed by atoms with Crippen LogP contribution in [0, 0.1) is 6.92 Å². The molecule has 0 saturated carbocycles. The van der Waals surface area contributed by atoms with E-state index in [1.54, 1.807) is 25.1 Å². The number of halogens is 4. The molecule has 3 aromatic carbocycles. The molecule has 0 radical (unpaired) electrons. The van der Waals surface area contributed by atoms with Gasteiger partial charge in [0.05, 0.1) is 22.2 Å². The molecule has 11 heteroatoms. The van der Waals surface area contributed by atoms with Gasteiger partial charge < -0.3 is 20.4 Å². The fourth-order valence-corrected chi connectivity index (χ4v) is 4.56. The number of rotatable bonds is 5. The highest BCUT2D eigenvalue weighted by atomic mass is 35.5. The van der Waals surface area contributed by atoms with Crippen molar-refractivity contribution in [2.45, 2.75) is 32.0 Å². The third-order valence-corrected chi connectivity index (χ3v) is 6.74. The Morgan fingerprint density at radius 3 is 2.55 bits per heavy atom. The fourth-order valence-electron chi connectivity index (χ4n) is 4.39. The van der Waals surface area contributed by atoms with Crippen LogP contribution in [-0.4, -0.2) is 28.4 Å². The first-order chi connectivity index (χ1) is 18.1. The zero-order valence-electron chi connectivity index (χ0n) is 20.1. The van der Waals surface area contributed by atoms with Crippen molar-refractivity contribution >= 4 is 45.8 Å². The van der Waals surface area contributed by atoms with Crippen molar-refractivity contribution < 1.29 is 27.5 Å². The molecule has 3 N–H and O–H groups in total. The van der Waals surface area contributed by atoms with Gasteiger partial charge in [-0.1, -0.05) is 29.8 Å². The summed E-state index contributed by atoms with van der Waals surface area (Å²) in [5.74, 6) is -0.970. The van der Waals surface area contributed by atoms with Gasteiger partial charge in [0, 0.05) is 23.0 Å². The molecule has 5 rings (SSSR count). The minimum absolute atomic E-state index is 0.113. The number of carbonyl (C=O) groups excluding carboxylic acids is 2. The molecule has 0 bridgehead atoms. The number of carbonyl (C=O) groups is 2. The van der Waals surface area contributed by atoms with Crippen molar-refractivity contribution in [1.82, 2.24) is 9.97 Å². The molecule has 2 heterocycles. The SMILES string of the molecule is Cc1c(Cl)cccc1NC(=O)c1cc(NC(=O)c2ccccc2C(F)(F)F)cc2[nH]c([C@@H]3CCCO3)nc12. The lowest BCUT2D eigenvalue weighted by Crippen LogP contribution is -2.19. The van der Waals surface area contributed by atoms with Gasteiger partial charge >= 0.3 is 6.18 Å². The van der Waals surface area contributed by atoms with Crippen molar-refractivity contribution in [1.29, 1.82) is 0 Å². The molecule has 7 nitrogen and oxygen atoms in total. The Morgan fingerprint density at radius 2 is 1.82 bits per heavy atom. The topological polar surface area (TPSA) is 96.1 Å². The van der Waals surface area contributed by atoms with Crippen LogP contribution in [0.4, 0.5) is 24.5 Å². The Labute approximate surface area is 220 Å². The van der Waals surface area contributed by atoms with Crippen LogP contribution in [0.3, 0.4) is 0 Å². The summed E-state index contributed by atoms with van der Waals surface area (Å²) < 4.78 is 46.1. The van der Waals surface area contributed by atoms with Crippen LogP contribution < -0.4 is 10.6 Å². The number of hydrogen-bond donors (Lipinski definition) is 3. The number of ether oxygens (including phenoxy) is 1. The average molecular weight is 543 g/mol. The molecule has 196 valence electrons. The van der Waals surface area contributed by atoms with Crippen molar-refractivity contribution in [3.8, 4) is 0 Å². The number of nitrogens with one attached hydrogen (secondary N) is 3. The summed E-state index contributed by atoms with van der Waals surface area (Å²) in [6.07, 6.45) is -3.37. The number of aromatic nitrogens is 2. The third kappa shape index (κ3) is 5.09. The van der Waals surface area contributed by atoms with E-state index in [-0.39, 0.29) is 17.4 Å². The van der Waals surface area contributed by atoms with E-state index in [0.29, 0.717) is 39.7 Å². The molecule has 1 aliphatic rings. The van der Waals surface area contributed by atoms with Crippen LogP contribution in [0.2, 0.25) is 5.02 Å². The van der Waals surface area contributed by atoms with E-state index >= 15 is 0 Å². The summed E-state index contributed by atoms with van der Waals surface area (Å²) in [5, 5.41) is 5.78. The number of hydrogen-bond acceptors (Lipinski definition) is 4. The van der Waals surface area contributed by atoms with Crippen molar-refractivity contribution in [2.75, 3.05) is 17.2 Å². The highest BCUT2D eigenvalue weighted by Gasteiger charge is 2.35. The zero-order valence-corrected chi connectivity index (χ0v) is 20.8. The van der Waals surface area contributed by atoms with Crippen molar-refractivity contribution in [2.24, 2.45) is 0 Å². The summed E-state index contributed by atoms with van der Waals surface area (Å²) in [6.45, 7) is 2.34. The second-order valence-electron chi connectivity index (χ2n) is 8.91. The highest BCUT2D eigenvalue weighted by Crippen LogP contribution is 2.34. The number of benzene rings is 3. The highest BCUT2D eigenvalue weighted by molar-refractivity contribution is 6.31. The fraction of sp³-hybridized carbons (Fsp3) is 0.222. The molecule has 4 aromatic rings. The van der Waals surface area contributed by atoms with E-state index < -0.39 is 29.1 Å². The Balaban J connectivity index is 1.54. The Hall–Kier alpha value is -3.89. The van der Waals surface area contributed by atoms with Crippen LogP contribution in [0.15, 0.2) is 54.6 Å². The number of imidazole rings is 1.